The van der Waals surface area contributed by atoms with Crippen LogP contribution in [0.25, 0.3) is 11.0 Å². The molecule has 0 saturated heterocycles. The molecule has 0 saturated carbocycles. The topological polar surface area (TPSA) is 83.1 Å². The van der Waals surface area contributed by atoms with Crippen molar-refractivity contribution in [3.63, 3.8) is 0 Å². The molecule has 0 aliphatic carbocycles. The van der Waals surface area contributed by atoms with Crippen LogP contribution in [-0.4, -0.2) is 68.4 Å². The van der Waals surface area contributed by atoms with E-state index in [9.17, 15) is 4.55 Å². The third kappa shape index (κ3) is 6.59. The van der Waals surface area contributed by atoms with Gasteiger partial charge in [0, 0.05) is 28.0 Å². The van der Waals surface area contributed by atoms with Crippen molar-refractivity contribution in [2.24, 2.45) is 0 Å². The van der Waals surface area contributed by atoms with Crippen LogP contribution in [-0.2, 0) is 21.7 Å². The van der Waals surface area contributed by atoms with Crippen molar-refractivity contribution in [3.05, 3.63) is 46.7 Å². The van der Waals surface area contributed by atoms with Crippen molar-refractivity contribution in [2.75, 3.05) is 13.2 Å². The van der Waals surface area contributed by atoms with Gasteiger partial charge in [-0.25, -0.2) is 0 Å². The first kappa shape index (κ1) is 24.5. The summed E-state index contributed by atoms with van der Waals surface area (Å²) < 4.78 is 24.2. The molecule has 0 amide bonds. The molecule has 3 aromatic rings. The molecular formula is C20H25ClN3NaO3S. The Morgan fingerprint density at radius 2 is 2.07 bits per heavy atom. The number of imidazole rings is 1. The molecule has 2 atom stereocenters. The molecule has 3 rings (SSSR count). The van der Waals surface area contributed by atoms with Crippen molar-refractivity contribution < 1.29 is 14.0 Å². The predicted octanol–water partition coefficient (Wildman–Crippen LogP) is 3.77. The van der Waals surface area contributed by atoms with Crippen LogP contribution in [0, 0.1) is 6.92 Å². The van der Waals surface area contributed by atoms with Crippen LogP contribution in [0.5, 0.6) is 5.75 Å². The quantitative estimate of drug-likeness (QED) is 0.308. The van der Waals surface area contributed by atoms with Crippen LogP contribution in [0.3, 0.4) is 0 Å². The minimum absolute atomic E-state index is 0. The van der Waals surface area contributed by atoms with E-state index in [0.717, 1.165) is 28.9 Å². The first-order valence-electron chi connectivity index (χ1n) is 9.20. The van der Waals surface area contributed by atoms with E-state index in [1.165, 1.54) is 0 Å². The number of ether oxygens (including phenoxy) is 2. The van der Waals surface area contributed by atoms with Crippen LogP contribution in [0.2, 0.25) is 5.02 Å². The van der Waals surface area contributed by atoms with Gasteiger partial charge >= 0.3 is 34.7 Å². The number of benzene rings is 1. The maximum absolute atomic E-state index is 12.8. The van der Waals surface area contributed by atoms with Gasteiger partial charge in [0.2, 0.25) is 0 Å². The van der Waals surface area contributed by atoms with Crippen molar-refractivity contribution in [3.8, 4) is 5.75 Å². The molecule has 152 valence electrons. The summed E-state index contributed by atoms with van der Waals surface area (Å²) in [4.78, 5) is 11.9. The fourth-order valence-corrected chi connectivity index (χ4v) is 3.90. The average Bonchev–Trinajstić information content (AvgIpc) is 3.10. The molecule has 0 bridgehead atoms. The SMILES string of the molecule is CCC(C)OCCOc1ccnc(C[S+]([O-])c2nc3cc(Cl)ccc3[nH]2)c1C.[NaH]. The second kappa shape index (κ2) is 11.6. The number of fused-ring (bicyclic) bond motifs is 1. The zero-order valence-electron chi connectivity index (χ0n) is 16.2. The first-order valence-corrected chi connectivity index (χ1v) is 10.9. The van der Waals surface area contributed by atoms with Crippen LogP contribution < -0.4 is 4.74 Å². The van der Waals surface area contributed by atoms with E-state index in [2.05, 4.69) is 21.9 Å². The van der Waals surface area contributed by atoms with Gasteiger partial charge in [-0.1, -0.05) is 18.5 Å². The standard InChI is InChI=1S/C20H24ClN3O3S.Na.H/c1-4-13(2)26-9-10-27-19-7-8-22-18(14(19)3)12-28(25)20-23-16-6-5-15(21)11-17(16)24-20;;/h5-8,11,13H,4,9-10,12H2,1-3H3,(H,23,24);;. The van der Waals surface area contributed by atoms with E-state index in [1.807, 2.05) is 26.0 Å². The molecule has 2 unspecified atom stereocenters. The van der Waals surface area contributed by atoms with Crippen LogP contribution in [0.4, 0.5) is 0 Å². The Hall–Kier alpha value is -0.800. The van der Waals surface area contributed by atoms with E-state index in [4.69, 9.17) is 21.1 Å². The van der Waals surface area contributed by atoms with Crippen LogP contribution >= 0.6 is 11.6 Å². The fourth-order valence-electron chi connectivity index (χ4n) is 2.64. The Balaban J connectivity index is 0.00000300. The summed E-state index contributed by atoms with van der Waals surface area (Å²) in [6, 6.07) is 7.15. The molecule has 6 nitrogen and oxygen atoms in total. The number of hydrogen-bond donors (Lipinski definition) is 1. The molecule has 0 radical (unpaired) electrons. The van der Waals surface area contributed by atoms with E-state index < -0.39 is 11.2 Å². The zero-order chi connectivity index (χ0) is 20.1. The molecule has 29 heavy (non-hydrogen) atoms. The van der Waals surface area contributed by atoms with Crippen molar-refractivity contribution in [1.82, 2.24) is 15.0 Å². The van der Waals surface area contributed by atoms with E-state index in [0.29, 0.717) is 28.9 Å². The van der Waals surface area contributed by atoms with Gasteiger partial charge in [-0.15, -0.1) is 0 Å². The second-order valence-corrected chi connectivity index (χ2v) is 8.32. The summed E-state index contributed by atoms with van der Waals surface area (Å²) in [6.07, 6.45) is 2.86. The van der Waals surface area contributed by atoms with Crippen molar-refractivity contribution in [1.29, 1.82) is 0 Å². The number of aromatic nitrogens is 3. The average molecular weight is 446 g/mol. The Morgan fingerprint density at radius 1 is 1.28 bits per heavy atom. The third-order valence-electron chi connectivity index (χ3n) is 4.48. The van der Waals surface area contributed by atoms with Crippen molar-refractivity contribution >= 4 is 63.4 Å². The maximum atomic E-state index is 12.8. The third-order valence-corrected chi connectivity index (χ3v) is 5.88. The summed E-state index contributed by atoms with van der Waals surface area (Å²) in [5.74, 6) is 0.978. The van der Waals surface area contributed by atoms with E-state index in [-0.39, 0.29) is 41.4 Å². The molecule has 0 fully saturated rings. The van der Waals surface area contributed by atoms with Gasteiger partial charge in [-0.3, -0.25) is 9.97 Å². The molecule has 9 heteroatoms. The Morgan fingerprint density at radius 3 is 2.83 bits per heavy atom. The number of aromatic amines is 1. The van der Waals surface area contributed by atoms with Crippen molar-refractivity contribution in [2.45, 2.75) is 44.2 Å². The van der Waals surface area contributed by atoms with Gasteiger partial charge in [0.1, 0.15) is 12.4 Å². The second-order valence-electron chi connectivity index (χ2n) is 6.51. The Labute approximate surface area is 201 Å². The monoisotopic (exact) mass is 445 g/mol. The molecule has 0 aliphatic rings. The summed E-state index contributed by atoms with van der Waals surface area (Å²) in [5, 5.41) is 1.00. The van der Waals surface area contributed by atoms with Gasteiger partial charge < -0.3 is 14.0 Å². The zero-order valence-corrected chi connectivity index (χ0v) is 17.8. The summed E-state index contributed by atoms with van der Waals surface area (Å²) in [5.41, 5.74) is 3.09. The number of hydrogen-bond acceptors (Lipinski definition) is 5. The number of nitrogens with one attached hydrogen (secondary N) is 1. The minimum atomic E-state index is -1.36. The normalized spacial score (nSPS) is 13.1. The molecule has 2 aromatic heterocycles. The van der Waals surface area contributed by atoms with Gasteiger partial charge in [0.15, 0.2) is 5.75 Å². The molecule has 0 spiro atoms. The number of nitrogens with zero attached hydrogens (tertiary/aromatic N) is 2. The fraction of sp³-hybridized carbons (Fsp3) is 0.400. The van der Waals surface area contributed by atoms with Crippen LogP contribution in [0.15, 0.2) is 35.6 Å². The predicted molar refractivity (Wildman–Crippen MR) is 119 cm³/mol. The number of pyridine rings is 1. The molecule has 1 N–H and O–H groups in total. The van der Waals surface area contributed by atoms with Crippen LogP contribution in [0.1, 0.15) is 31.5 Å². The summed E-state index contributed by atoms with van der Waals surface area (Å²) in [6.45, 7) is 7.03. The Bertz CT molecular complexity index is 940. The number of H-pyrrole nitrogens is 1. The molecule has 2 heterocycles. The summed E-state index contributed by atoms with van der Waals surface area (Å²) in [7, 11) is 0. The number of rotatable bonds is 9. The summed E-state index contributed by atoms with van der Waals surface area (Å²) >= 11 is 4.63. The van der Waals surface area contributed by atoms with Gasteiger partial charge in [0.05, 0.1) is 29.4 Å². The van der Waals surface area contributed by atoms with E-state index >= 15 is 0 Å². The number of halogens is 1. The molecule has 0 aliphatic heterocycles. The first-order chi connectivity index (χ1) is 13.5. The van der Waals surface area contributed by atoms with Gasteiger partial charge in [-0.05, 0) is 44.5 Å². The Kier molecular flexibility index (Phi) is 9.75. The molecule has 1 aromatic carbocycles. The van der Waals surface area contributed by atoms with Gasteiger partial charge in [0.25, 0.3) is 0 Å². The van der Waals surface area contributed by atoms with E-state index in [1.54, 1.807) is 18.3 Å². The van der Waals surface area contributed by atoms with Gasteiger partial charge in [-0.2, -0.15) is 4.98 Å². The molecular weight excluding hydrogens is 421 g/mol.